The Hall–Kier alpha value is 0.250. The van der Waals surface area contributed by atoms with Crippen LogP contribution < -0.4 is 5.73 Å². The van der Waals surface area contributed by atoms with E-state index in [1.165, 1.54) is 32.1 Å². The Bertz CT molecular complexity index is 91.4. The van der Waals surface area contributed by atoms with E-state index in [-0.39, 0.29) is 0 Å². The molecule has 0 saturated heterocycles. The van der Waals surface area contributed by atoms with Gasteiger partial charge in [-0.05, 0) is 24.8 Å². The van der Waals surface area contributed by atoms with Crippen LogP contribution in [-0.2, 0) is 0 Å². The summed E-state index contributed by atoms with van der Waals surface area (Å²) in [6, 6.07) is 0. The summed E-state index contributed by atoms with van der Waals surface area (Å²) in [5.41, 5.74) is 5.97. The third-order valence-electron chi connectivity index (χ3n) is 2.63. The molecule has 0 heterocycles. The largest absolute Gasteiger partial charge is 0.330 e. The van der Waals surface area contributed by atoms with Crippen LogP contribution in [0.1, 0.15) is 32.1 Å². The maximum Gasteiger partial charge on any atom is 0.0292 e. The van der Waals surface area contributed by atoms with Crippen molar-refractivity contribution in [3.8, 4) is 0 Å². The summed E-state index contributed by atoms with van der Waals surface area (Å²) in [6.45, 7) is 0.774. The molecule has 0 aliphatic heterocycles. The molecule has 0 aromatic carbocycles. The second kappa shape index (κ2) is 3.59. The minimum absolute atomic E-state index is 0.305. The molecule has 10 heavy (non-hydrogen) atoms. The lowest BCUT2D eigenvalue weighted by molar-refractivity contribution is 0.231. The molecule has 1 aliphatic rings. The van der Waals surface area contributed by atoms with E-state index in [0.717, 1.165) is 12.4 Å². The molecule has 0 aromatic heterocycles. The minimum atomic E-state index is 0.305. The maximum atomic E-state index is 5.86. The Labute approximate surface area is 67.9 Å². The smallest absolute Gasteiger partial charge is 0.0292 e. The van der Waals surface area contributed by atoms with Gasteiger partial charge in [0.05, 0.1) is 0 Å². The molecule has 1 fully saturated rings. The van der Waals surface area contributed by atoms with Crippen molar-refractivity contribution in [2.75, 3.05) is 12.4 Å². The number of hydrogen-bond acceptors (Lipinski definition) is 1. The first-order valence-electron chi connectivity index (χ1n) is 4.09. The van der Waals surface area contributed by atoms with Crippen molar-refractivity contribution >= 4 is 11.6 Å². The molecule has 1 saturated carbocycles. The normalized spacial score (nSPS) is 24.6. The van der Waals surface area contributed by atoms with Crippen LogP contribution >= 0.6 is 11.6 Å². The number of halogens is 1. The van der Waals surface area contributed by atoms with Crippen LogP contribution in [0.5, 0.6) is 0 Å². The second-order valence-electron chi connectivity index (χ2n) is 3.40. The van der Waals surface area contributed by atoms with Gasteiger partial charge >= 0.3 is 0 Å². The summed E-state index contributed by atoms with van der Waals surface area (Å²) in [6.07, 6.45) is 6.51. The van der Waals surface area contributed by atoms with Crippen LogP contribution in [0.3, 0.4) is 0 Å². The van der Waals surface area contributed by atoms with Crippen LogP contribution in [0.2, 0.25) is 0 Å². The Morgan fingerprint density at radius 3 is 2.10 bits per heavy atom. The molecule has 0 radical (unpaired) electrons. The van der Waals surface area contributed by atoms with Gasteiger partial charge in [0.15, 0.2) is 0 Å². The number of alkyl halides is 1. The van der Waals surface area contributed by atoms with E-state index < -0.39 is 0 Å². The number of nitrogens with two attached hydrogens (primary N) is 1. The van der Waals surface area contributed by atoms with Crippen molar-refractivity contribution in [2.45, 2.75) is 32.1 Å². The molecular formula is C8H16ClN. The van der Waals surface area contributed by atoms with Crippen molar-refractivity contribution in [1.29, 1.82) is 0 Å². The predicted octanol–water partition coefficient (Wildman–Crippen LogP) is 2.13. The SMILES string of the molecule is NCC1(CCl)CCCCC1. The lowest BCUT2D eigenvalue weighted by Crippen LogP contribution is -2.34. The topological polar surface area (TPSA) is 26.0 Å². The highest BCUT2D eigenvalue weighted by Gasteiger charge is 2.29. The van der Waals surface area contributed by atoms with Gasteiger partial charge in [-0.25, -0.2) is 0 Å². The van der Waals surface area contributed by atoms with Crippen LogP contribution in [0.4, 0.5) is 0 Å². The highest BCUT2D eigenvalue weighted by atomic mass is 35.5. The van der Waals surface area contributed by atoms with Gasteiger partial charge in [0.1, 0.15) is 0 Å². The molecule has 0 aromatic rings. The summed E-state index contributed by atoms with van der Waals surface area (Å²) in [7, 11) is 0. The standard InChI is InChI=1S/C8H16ClN/c9-6-8(7-10)4-2-1-3-5-8/h1-7,10H2. The molecule has 2 N–H and O–H groups in total. The van der Waals surface area contributed by atoms with E-state index in [0.29, 0.717) is 5.41 Å². The van der Waals surface area contributed by atoms with E-state index in [1.54, 1.807) is 0 Å². The first-order valence-corrected chi connectivity index (χ1v) is 4.62. The van der Waals surface area contributed by atoms with Gasteiger partial charge in [0.25, 0.3) is 0 Å². The number of hydrogen-bond donors (Lipinski definition) is 1. The summed E-state index contributed by atoms with van der Waals surface area (Å²) in [4.78, 5) is 0. The van der Waals surface area contributed by atoms with E-state index in [4.69, 9.17) is 17.3 Å². The Balaban J connectivity index is 2.44. The average molecular weight is 162 g/mol. The van der Waals surface area contributed by atoms with E-state index in [9.17, 15) is 0 Å². The molecule has 1 rings (SSSR count). The van der Waals surface area contributed by atoms with Gasteiger partial charge in [-0.3, -0.25) is 0 Å². The fourth-order valence-electron chi connectivity index (χ4n) is 1.69. The average Bonchev–Trinajstić information content (AvgIpc) is 2.06. The van der Waals surface area contributed by atoms with Crippen molar-refractivity contribution in [2.24, 2.45) is 11.1 Å². The van der Waals surface area contributed by atoms with Gasteiger partial charge in [0, 0.05) is 5.88 Å². The Morgan fingerprint density at radius 2 is 1.80 bits per heavy atom. The Kier molecular flexibility index (Phi) is 2.99. The third kappa shape index (κ3) is 1.64. The molecule has 0 unspecified atom stereocenters. The summed E-state index contributed by atoms with van der Waals surface area (Å²) >= 11 is 5.86. The van der Waals surface area contributed by atoms with Crippen LogP contribution in [-0.4, -0.2) is 12.4 Å². The van der Waals surface area contributed by atoms with Crippen LogP contribution in [0.15, 0.2) is 0 Å². The van der Waals surface area contributed by atoms with Gasteiger partial charge in [-0.1, -0.05) is 19.3 Å². The van der Waals surface area contributed by atoms with Crippen molar-refractivity contribution in [3.63, 3.8) is 0 Å². The zero-order chi connectivity index (χ0) is 7.45. The lowest BCUT2D eigenvalue weighted by Gasteiger charge is -2.33. The van der Waals surface area contributed by atoms with E-state index in [2.05, 4.69) is 0 Å². The molecule has 2 heteroatoms. The molecule has 0 spiro atoms. The monoisotopic (exact) mass is 161 g/mol. The fourth-order valence-corrected chi connectivity index (χ4v) is 2.07. The molecule has 1 nitrogen and oxygen atoms in total. The number of rotatable bonds is 2. The zero-order valence-corrected chi connectivity index (χ0v) is 7.16. The van der Waals surface area contributed by atoms with Crippen molar-refractivity contribution < 1.29 is 0 Å². The molecular weight excluding hydrogens is 146 g/mol. The Morgan fingerprint density at radius 1 is 1.20 bits per heavy atom. The van der Waals surface area contributed by atoms with E-state index >= 15 is 0 Å². The quantitative estimate of drug-likeness (QED) is 0.617. The predicted molar refractivity (Wildman–Crippen MR) is 45.3 cm³/mol. The highest BCUT2D eigenvalue weighted by Crippen LogP contribution is 2.35. The van der Waals surface area contributed by atoms with Crippen LogP contribution in [0, 0.1) is 5.41 Å². The molecule has 0 atom stereocenters. The minimum Gasteiger partial charge on any atom is -0.330 e. The molecule has 60 valence electrons. The first kappa shape index (κ1) is 8.35. The van der Waals surface area contributed by atoms with Gasteiger partial charge < -0.3 is 5.73 Å². The first-order chi connectivity index (χ1) is 4.83. The van der Waals surface area contributed by atoms with Gasteiger partial charge in [-0.15, -0.1) is 11.6 Å². The van der Waals surface area contributed by atoms with Crippen LogP contribution in [0.25, 0.3) is 0 Å². The summed E-state index contributed by atoms with van der Waals surface area (Å²) in [5, 5.41) is 0. The van der Waals surface area contributed by atoms with Crippen molar-refractivity contribution in [3.05, 3.63) is 0 Å². The third-order valence-corrected chi connectivity index (χ3v) is 3.20. The van der Waals surface area contributed by atoms with Gasteiger partial charge in [0.2, 0.25) is 0 Å². The fraction of sp³-hybridized carbons (Fsp3) is 1.00. The summed E-state index contributed by atoms with van der Waals surface area (Å²) in [5.74, 6) is 0.753. The van der Waals surface area contributed by atoms with Crippen molar-refractivity contribution in [1.82, 2.24) is 0 Å². The maximum absolute atomic E-state index is 5.86. The summed E-state index contributed by atoms with van der Waals surface area (Å²) < 4.78 is 0. The highest BCUT2D eigenvalue weighted by molar-refractivity contribution is 6.18. The lowest BCUT2D eigenvalue weighted by atomic mass is 9.76. The molecule has 0 amide bonds. The van der Waals surface area contributed by atoms with Gasteiger partial charge in [-0.2, -0.15) is 0 Å². The second-order valence-corrected chi connectivity index (χ2v) is 3.67. The molecule has 0 bridgehead atoms. The zero-order valence-electron chi connectivity index (χ0n) is 6.41. The molecule has 1 aliphatic carbocycles. The van der Waals surface area contributed by atoms with E-state index in [1.807, 2.05) is 0 Å².